The minimum absolute atomic E-state index is 0.211. The van der Waals surface area contributed by atoms with Crippen molar-refractivity contribution in [2.45, 2.75) is 13.1 Å². The van der Waals surface area contributed by atoms with Gasteiger partial charge in [0, 0.05) is 32.6 Å². The number of benzene rings is 1. The van der Waals surface area contributed by atoms with Gasteiger partial charge in [-0.15, -0.1) is 0 Å². The van der Waals surface area contributed by atoms with Crippen LogP contribution in [-0.2, 0) is 17.8 Å². The van der Waals surface area contributed by atoms with E-state index in [4.69, 9.17) is 4.74 Å². The van der Waals surface area contributed by atoms with E-state index in [1.54, 1.807) is 25.4 Å². The van der Waals surface area contributed by atoms with Crippen LogP contribution in [0.15, 0.2) is 36.7 Å². The predicted octanol–water partition coefficient (Wildman–Crippen LogP) is 1.81. The number of hydrogen-bond donors (Lipinski definition) is 1. The van der Waals surface area contributed by atoms with Crippen molar-refractivity contribution in [3.63, 3.8) is 0 Å². The van der Waals surface area contributed by atoms with E-state index in [-0.39, 0.29) is 5.82 Å². The summed E-state index contributed by atoms with van der Waals surface area (Å²) in [7, 11) is 1.67. The Balaban J connectivity index is 1.95. The number of halogens is 1. The molecule has 0 fully saturated rings. The Labute approximate surface area is 112 Å². The average Bonchev–Trinajstić information content (AvgIpc) is 2.82. The topological polar surface area (TPSA) is 39.1 Å². The van der Waals surface area contributed by atoms with Crippen LogP contribution < -0.4 is 5.32 Å². The summed E-state index contributed by atoms with van der Waals surface area (Å²) in [5.41, 5.74) is 0.927. The maximum Gasteiger partial charge on any atom is 0.123 e. The SMILES string of the molecule is COCCNCc1nccn1Cc1cccc(F)c1. The van der Waals surface area contributed by atoms with Crippen LogP contribution in [0.3, 0.4) is 0 Å². The van der Waals surface area contributed by atoms with Gasteiger partial charge in [0.1, 0.15) is 11.6 Å². The number of methoxy groups -OCH3 is 1. The van der Waals surface area contributed by atoms with E-state index in [1.807, 2.05) is 16.8 Å². The molecule has 2 aromatic rings. The number of rotatable bonds is 7. The third-order valence-electron chi connectivity index (χ3n) is 2.81. The lowest BCUT2D eigenvalue weighted by Gasteiger charge is -2.09. The summed E-state index contributed by atoms with van der Waals surface area (Å²) < 4.78 is 20.1. The van der Waals surface area contributed by atoms with E-state index in [0.717, 1.165) is 17.9 Å². The maximum absolute atomic E-state index is 13.1. The van der Waals surface area contributed by atoms with E-state index in [2.05, 4.69) is 10.3 Å². The van der Waals surface area contributed by atoms with Gasteiger partial charge in [0.2, 0.25) is 0 Å². The van der Waals surface area contributed by atoms with Crippen LogP contribution in [0, 0.1) is 5.82 Å². The second-order valence-electron chi connectivity index (χ2n) is 4.27. The Bertz CT molecular complexity index is 513. The van der Waals surface area contributed by atoms with Gasteiger partial charge >= 0.3 is 0 Å². The van der Waals surface area contributed by atoms with E-state index in [9.17, 15) is 4.39 Å². The summed E-state index contributed by atoms with van der Waals surface area (Å²) in [5.74, 6) is 0.720. The third kappa shape index (κ3) is 4.15. The number of ether oxygens (including phenoxy) is 1. The molecule has 0 saturated carbocycles. The van der Waals surface area contributed by atoms with E-state index in [1.165, 1.54) is 6.07 Å². The van der Waals surface area contributed by atoms with Crippen molar-refractivity contribution in [1.29, 1.82) is 0 Å². The largest absolute Gasteiger partial charge is 0.383 e. The lowest BCUT2D eigenvalue weighted by atomic mass is 10.2. The minimum Gasteiger partial charge on any atom is -0.383 e. The molecular formula is C14H18FN3O. The lowest BCUT2D eigenvalue weighted by molar-refractivity contribution is 0.199. The number of imidazole rings is 1. The van der Waals surface area contributed by atoms with Gasteiger partial charge in [-0.2, -0.15) is 0 Å². The van der Waals surface area contributed by atoms with Crippen LogP contribution in [0.2, 0.25) is 0 Å². The van der Waals surface area contributed by atoms with E-state index >= 15 is 0 Å². The molecule has 19 heavy (non-hydrogen) atoms. The van der Waals surface area contributed by atoms with Gasteiger partial charge in [-0.25, -0.2) is 9.37 Å². The molecule has 0 saturated heterocycles. The summed E-state index contributed by atoms with van der Waals surface area (Å²) in [6.07, 6.45) is 3.66. The highest BCUT2D eigenvalue weighted by Gasteiger charge is 2.03. The molecule has 5 heteroatoms. The van der Waals surface area contributed by atoms with Gasteiger partial charge in [-0.1, -0.05) is 12.1 Å². The van der Waals surface area contributed by atoms with E-state index in [0.29, 0.717) is 19.7 Å². The van der Waals surface area contributed by atoms with Crippen molar-refractivity contribution < 1.29 is 9.13 Å². The molecule has 1 N–H and O–H groups in total. The maximum atomic E-state index is 13.1. The molecule has 0 aliphatic rings. The molecule has 1 aromatic heterocycles. The first-order valence-corrected chi connectivity index (χ1v) is 6.23. The molecule has 0 radical (unpaired) electrons. The van der Waals surface area contributed by atoms with Crippen molar-refractivity contribution in [1.82, 2.24) is 14.9 Å². The molecule has 0 atom stereocenters. The van der Waals surface area contributed by atoms with Gasteiger partial charge in [-0.3, -0.25) is 0 Å². The molecule has 0 amide bonds. The fraction of sp³-hybridized carbons (Fsp3) is 0.357. The molecular weight excluding hydrogens is 245 g/mol. The van der Waals surface area contributed by atoms with Crippen molar-refractivity contribution >= 4 is 0 Å². The zero-order chi connectivity index (χ0) is 13.5. The molecule has 102 valence electrons. The molecule has 0 unspecified atom stereocenters. The molecule has 0 bridgehead atoms. The number of aromatic nitrogens is 2. The van der Waals surface area contributed by atoms with Crippen LogP contribution in [0.25, 0.3) is 0 Å². The van der Waals surface area contributed by atoms with Crippen molar-refractivity contribution in [3.05, 3.63) is 53.9 Å². The highest BCUT2D eigenvalue weighted by molar-refractivity contribution is 5.17. The first-order chi connectivity index (χ1) is 9.29. The zero-order valence-corrected chi connectivity index (χ0v) is 11.0. The Morgan fingerprint density at radius 3 is 3.11 bits per heavy atom. The molecule has 2 rings (SSSR count). The minimum atomic E-state index is -0.211. The van der Waals surface area contributed by atoms with Crippen molar-refractivity contribution in [2.24, 2.45) is 0 Å². The second-order valence-corrected chi connectivity index (χ2v) is 4.27. The molecule has 1 heterocycles. The summed E-state index contributed by atoms with van der Waals surface area (Å²) in [6, 6.07) is 6.62. The summed E-state index contributed by atoms with van der Waals surface area (Å²) in [5, 5.41) is 3.24. The number of nitrogens with one attached hydrogen (secondary N) is 1. The first kappa shape index (κ1) is 13.7. The number of nitrogens with zero attached hydrogens (tertiary/aromatic N) is 2. The monoisotopic (exact) mass is 263 g/mol. The second kappa shape index (κ2) is 7.01. The van der Waals surface area contributed by atoms with Gasteiger partial charge in [0.05, 0.1) is 13.2 Å². The Kier molecular flexibility index (Phi) is 5.06. The summed E-state index contributed by atoms with van der Waals surface area (Å²) >= 11 is 0. The normalized spacial score (nSPS) is 10.8. The van der Waals surface area contributed by atoms with Gasteiger partial charge in [0.15, 0.2) is 0 Å². The van der Waals surface area contributed by atoms with Crippen LogP contribution in [0.5, 0.6) is 0 Å². The highest BCUT2D eigenvalue weighted by atomic mass is 19.1. The molecule has 0 aliphatic heterocycles. The predicted molar refractivity (Wildman–Crippen MR) is 71.3 cm³/mol. The van der Waals surface area contributed by atoms with Gasteiger partial charge in [0.25, 0.3) is 0 Å². The van der Waals surface area contributed by atoms with Crippen LogP contribution in [0.4, 0.5) is 4.39 Å². The van der Waals surface area contributed by atoms with Gasteiger partial charge < -0.3 is 14.6 Å². The zero-order valence-electron chi connectivity index (χ0n) is 11.0. The molecule has 1 aromatic carbocycles. The Morgan fingerprint density at radius 2 is 2.32 bits per heavy atom. The lowest BCUT2D eigenvalue weighted by Crippen LogP contribution is -2.21. The number of hydrogen-bond acceptors (Lipinski definition) is 3. The third-order valence-corrected chi connectivity index (χ3v) is 2.81. The standard InChI is InChI=1S/C14H18FN3O/c1-19-8-6-16-10-14-17-5-7-18(14)11-12-3-2-4-13(15)9-12/h2-5,7,9,16H,6,8,10-11H2,1H3. The quantitative estimate of drug-likeness (QED) is 0.774. The first-order valence-electron chi connectivity index (χ1n) is 6.23. The smallest absolute Gasteiger partial charge is 0.123 e. The Morgan fingerprint density at radius 1 is 1.42 bits per heavy atom. The summed E-state index contributed by atoms with van der Waals surface area (Å²) in [4.78, 5) is 4.30. The summed E-state index contributed by atoms with van der Waals surface area (Å²) in [6.45, 7) is 2.75. The van der Waals surface area contributed by atoms with Crippen molar-refractivity contribution in [2.75, 3.05) is 20.3 Å². The van der Waals surface area contributed by atoms with Crippen LogP contribution in [-0.4, -0.2) is 29.8 Å². The molecule has 0 spiro atoms. The van der Waals surface area contributed by atoms with Crippen LogP contribution in [0.1, 0.15) is 11.4 Å². The fourth-order valence-corrected chi connectivity index (χ4v) is 1.86. The van der Waals surface area contributed by atoms with Crippen LogP contribution >= 0.6 is 0 Å². The van der Waals surface area contributed by atoms with Gasteiger partial charge in [-0.05, 0) is 17.7 Å². The van der Waals surface area contributed by atoms with Crippen molar-refractivity contribution in [3.8, 4) is 0 Å². The average molecular weight is 263 g/mol. The molecule has 0 aliphatic carbocycles. The van der Waals surface area contributed by atoms with E-state index < -0.39 is 0 Å². The molecule has 4 nitrogen and oxygen atoms in total. The Hall–Kier alpha value is -1.72. The fourth-order valence-electron chi connectivity index (χ4n) is 1.86. The highest BCUT2D eigenvalue weighted by Crippen LogP contribution is 2.07.